The van der Waals surface area contributed by atoms with Crippen LogP contribution in [0.1, 0.15) is 31.9 Å². The van der Waals surface area contributed by atoms with Gasteiger partial charge >= 0.3 is 0 Å². The third-order valence-electron chi connectivity index (χ3n) is 3.87. The molecule has 21 heavy (non-hydrogen) atoms. The second kappa shape index (κ2) is 6.75. The van der Waals surface area contributed by atoms with Gasteiger partial charge in [-0.2, -0.15) is 0 Å². The third kappa shape index (κ3) is 3.95. The zero-order valence-corrected chi connectivity index (χ0v) is 13.4. The molecule has 1 aromatic rings. The minimum absolute atomic E-state index is 0.0283. The number of nitrogens with zero attached hydrogens (tertiary/aromatic N) is 1. The van der Waals surface area contributed by atoms with Gasteiger partial charge in [-0.25, -0.2) is 12.8 Å². The summed E-state index contributed by atoms with van der Waals surface area (Å²) >= 11 is 0. The van der Waals surface area contributed by atoms with Crippen LogP contribution in [0.4, 0.5) is 10.1 Å². The Kier molecular flexibility index (Phi) is 5.22. The highest BCUT2D eigenvalue weighted by Gasteiger charge is 2.24. The molecule has 1 atom stereocenters. The molecule has 2 rings (SSSR count). The quantitative estimate of drug-likeness (QED) is 0.925. The van der Waals surface area contributed by atoms with E-state index in [9.17, 15) is 12.8 Å². The van der Waals surface area contributed by atoms with Gasteiger partial charge in [0.15, 0.2) is 9.84 Å². The summed E-state index contributed by atoms with van der Waals surface area (Å²) < 4.78 is 37.8. The van der Waals surface area contributed by atoms with Crippen LogP contribution >= 0.6 is 0 Å². The first kappa shape index (κ1) is 16.2. The van der Waals surface area contributed by atoms with Gasteiger partial charge in [0.25, 0.3) is 0 Å². The van der Waals surface area contributed by atoms with Crippen molar-refractivity contribution in [2.75, 3.05) is 36.0 Å². The average Bonchev–Trinajstić information content (AvgIpc) is 2.60. The molecule has 1 aliphatic rings. The molecule has 6 heteroatoms. The van der Waals surface area contributed by atoms with Crippen molar-refractivity contribution >= 4 is 15.5 Å². The lowest BCUT2D eigenvalue weighted by molar-refractivity contribution is 0.577. The second-order valence-corrected chi connectivity index (χ2v) is 7.75. The first-order chi connectivity index (χ1) is 9.94. The zero-order valence-electron chi connectivity index (χ0n) is 12.6. The molecule has 1 heterocycles. The molecule has 0 saturated carbocycles. The van der Waals surface area contributed by atoms with E-state index < -0.39 is 9.84 Å². The minimum Gasteiger partial charge on any atom is -0.368 e. The minimum atomic E-state index is -3.00. The van der Waals surface area contributed by atoms with Crippen molar-refractivity contribution in [3.8, 4) is 0 Å². The van der Waals surface area contributed by atoms with Crippen LogP contribution in [0.5, 0.6) is 0 Å². The fraction of sp³-hybridized carbons (Fsp3) is 0.600. The molecule has 1 fully saturated rings. The summed E-state index contributed by atoms with van der Waals surface area (Å²) in [7, 11) is -3.00. The first-order valence-electron chi connectivity index (χ1n) is 7.42. The van der Waals surface area contributed by atoms with Gasteiger partial charge < -0.3 is 10.2 Å². The Bertz CT molecular complexity index is 589. The monoisotopic (exact) mass is 314 g/mol. The predicted octanol–water partition coefficient (Wildman–Crippen LogP) is 2.12. The van der Waals surface area contributed by atoms with Crippen molar-refractivity contribution < 1.29 is 12.8 Å². The molecular formula is C15H23FN2O2S. The van der Waals surface area contributed by atoms with E-state index in [2.05, 4.69) is 5.32 Å². The van der Waals surface area contributed by atoms with Gasteiger partial charge in [0.1, 0.15) is 5.82 Å². The van der Waals surface area contributed by atoms with E-state index in [1.54, 1.807) is 6.07 Å². The highest BCUT2D eigenvalue weighted by molar-refractivity contribution is 7.91. The molecule has 0 aromatic heterocycles. The smallest absolute Gasteiger partial charge is 0.152 e. The molecule has 4 nitrogen and oxygen atoms in total. The Morgan fingerprint density at radius 1 is 1.33 bits per heavy atom. The van der Waals surface area contributed by atoms with Gasteiger partial charge in [-0.3, -0.25) is 0 Å². The molecule has 0 bridgehead atoms. The molecular weight excluding hydrogens is 291 g/mol. The zero-order chi connectivity index (χ0) is 15.5. The Labute approximate surface area is 126 Å². The van der Waals surface area contributed by atoms with E-state index in [0.29, 0.717) is 25.2 Å². The second-order valence-electron chi connectivity index (χ2n) is 5.45. The number of para-hydroxylation sites is 1. The summed E-state index contributed by atoms with van der Waals surface area (Å²) in [5.74, 6) is 0.00317. The number of benzene rings is 1. The maximum absolute atomic E-state index is 14.3. The molecule has 1 aromatic carbocycles. The van der Waals surface area contributed by atoms with Gasteiger partial charge in [-0.15, -0.1) is 0 Å². The van der Waals surface area contributed by atoms with Crippen LogP contribution in [0.2, 0.25) is 0 Å². The third-order valence-corrected chi connectivity index (χ3v) is 5.58. The van der Waals surface area contributed by atoms with E-state index >= 15 is 0 Å². The molecule has 1 aliphatic heterocycles. The topological polar surface area (TPSA) is 49.4 Å². The lowest BCUT2D eigenvalue weighted by Gasteiger charge is -2.28. The van der Waals surface area contributed by atoms with Crippen molar-refractivity contribution in [1.29, 1.82) is 0 Å². The summed E-state index contributed by atoms with van der Waals surface area (Å²) in [5, 5.41) is 3.29. The Balaban J connectivity index is 2.33. The van der Waals surface area contributed by atoms with Gasteiger partial charge in [0, 0.05) is 19.1 Å². The summed E-state index contributed by atoms with van der Waals surface area (Å²) in [6, 6.07) is 5.08. The molecule has 0 radical (unpaired) electrons. The van der Waals surface area contributed by atoms with Crippen LogP contribution in [0, 0.1) is 5.82 Å². The highest BCUT2D eigenvalue weighted by Crippen LogP contribution is 2.30. The van der Waals surface area contributed by atoms with Crippen LogP contribution in [0.25, 0.3) is 0 Å². The van der Waals surface area contributed by atoms with Crippen molar-refractivity contribution in [3.05, 3.63) is 29.6 Å². The van der Waals surface area contributed by atoms with Gasteiger partial charge in [0.05, 0.1) is 17.2 Å². The summed E-state index contributed by atoms with van der Waals surface area (Å²) in [5.41, 5.74) is 1.43. The number of rotatable bonds is 4. The molecule has 0 spiro atoms. The highest BCUT2D eigenvalue weighted by atomic mass is 32.2. The molecule has 0 aliphatic carbocycles. The van der Waals surface area contributed by atoms with E-state index in [4.69, 9.17) is 0 Å². The van der Waals surface area contributed by atoms with E-state index in [0.717, 1.165) is 12.1 Å². The summed E-state index contributed by atoms with van der Waals surface area (Å²) in [4.78, 5) is 1.88. The first-order valence-corrected chi connectivity index (χ1v) is 9.24. The summed E-state index contributed by atoms with van der Waals surface area (Å²) in [6.07, 6.45) is 0.547. The van der Waals surface area contributed by atoms with E-state index in [1.807, 2.05) is 24.8 Å². The average molecular weight is 314 g/mol. The molecule has 0 amide bonds. The number of nitrogens with one attached hydrogen (secondary N) is 1. The predicted molar refractivity (Wildman–Crippen MR) is 84.0 cm³/mol. The van der Waals surface area contributed by atoms with Gasteiger partial charge in [0.2, 0.25) is 0 Å². The lowest BCUT2D eigenvalue weighted by atomic mass is 10.0. The van der Waals surface area contributed by atoms with E-state index in [-0.39, 0.29) is 23.4 Å². The Morgan fingerprint density at radius 2 is 2.10 bits per heavy atom. The van der Waals surface area contributed by atoms with Gasteiger partial charge in [-0.05, 0) is 31.5 Å². The van der Waals surface area contributed by atoms with Crippen LogP contribution in [-0.4, -0.2) is 39.6 Å². The maximum atomic E-state index is 14.3. The molecule has 1 unspecified atom stereocenters. The van der Waals surface area contributed by atoms with Gasteiger partial charge in [-0.1, -0.05) is 19.1 Å². The fourth-order valence-corrected chi connectivity index (χ4v) is 4.06. The number of hydrogen-bond donors (Lipinski definition) is 1. The van der Waals surface area contributed by atoms with Crippen LogP contribution in [0.15, 0.2) is 18.2 Å². The standard InChI is InChI=1S/C15H23FN2O2S/c1-3-17-12(2)13-6-4-7-14(16)15(13)18-8-5-10-21(19,20)11-9-18/h4,6-7,12,17H,3,5,8-11H2,1-2H3. The molecule has 1 saturated heterocycles. The SMILES string of the molecule is CCNC(C)c1cccc(F)c1N1CCCS(=O)(=O)CC1. The number of sulfone groups is 1. The molecule has 1 N–H and O–H groups in total. The van der Waals surface area contributed by atoms with E-state index in [1.165, 1.54) is 6.07 Å². The fourth-order valence-electron chi connectivity index (χ4n) is 2.79. The Morgan fingerprint density at radius 3 is 2.81 bits per heavy atom. The number of hydrogen-bond acceptors (Lipinski definition) is 4. The maximum Gasteiger partial charge on any atom is 0.152 e. The largest absolute Gasteiger partial charge is 0.368 e. The normalized spacial score (nSPS) is 20.0. The van der Waals surface area contributed by atoms with Crippen molar-refractivity contribution in [1.82, 2.24) is 5.32 Å². The van der Waals surface area contributed by atoms with Crippen molar-refractivity contribution in [2.24, 2.45) is 0 Å². The van der Waals surface area contributed by atoms with Crippen LogP contribution in [0.3, 0.4) is 0 Å². The number of anilines is 1. The van der Waals surface area contributed by atoms with Crippen molar-refractivity contribution in [3.63, 3.8) is 0 Å². The van der Waals surface area contributed by atoms with Crippen molar-refractivity contribution in [2.45, 2.75) is 26.3 Å². The summed E-state index contributed by atoms with van der Waals surface area (Å²) in [6.45, 7) is 5.73. The number of halogens is 1. The van der Waals surface area contributed by atoms with Crippen LogP contribution < -0.4 is 10.2 Å². The van der Waals surface area contributed by atoms with Crippen LogP contribution in [-0.2, 0) is 9.84 Å². The Hall–Kier alpha value is -1.14. The lowest BCUT2D eigenvalue weighted by Crippen LogP contribution is -2.30. The molecule has 118 valence electrons.